The molecule has 0 spiro atoms. The van der Waals surface area contributed by atoms with Gasteiger partial charge in [-0.25, -0.2) is 0 Å². The summed E-state index contributed by atoms with van der Waals surface area (Å²) in [5, 5.41) is 0. The van der Waals surface area contributed by atoms with Crippen LogP contribution in [-0.4, -0.2) is 13.7 Å². The number of benzene rings is 2. The van der Waals surface area contributed by atoms with Gasteiger partial charge in [-0.1, -0.05) is 84.7 Å². The van der Waals surface area contributed by atoms with Gasteiger partial charge in [0, 0.05) is 12.7 Å². The third-order valence-corrected chi connectivity index (χ3v) is 3.01. The van der Waals surface area contributed by atoms with E-state index in [2.05, 4.69) is 99.1 Å². The molecule has 2 nitrogen and oxygen atoms in total. The summed E-state index contributed by atoms with van der Waals surface area (Å²) in [7, 11) is 2.13. The molecule has 1 heterocycles. The maximum atomic E-state index is 2.33. The minimum atomic E-state index is 0.920. The highest BCUT2D eigenvalue weighted by molar-refractivity contribution is 5.81. The lowest BCUT2D eigenvalue weighted by atomic mass is 10.2. The Hall–Kier alpha value is -1.96. The van der Waals surface area contributed by atoms with E-state index in [0.717, 1.165) is 6.67 Å². The van der Waals surface area contributed by atoms with E-state index in [4.69, 9.17) is 0 Å². The van der Waals surface area contributed by atoms with Crippen LogP contribution < -0.4 is 9.80 Å². The van der Waals surface area contributed by atoms with Gasteiger partial charge in [0.15, 0.2) is 0 Å². The predicted octanol–water partition coefficient (Wildman–Crippen LogP) is 7.09. The summed E-state index contributed by atoms with van der Waals surface area (Å²) < 4.78 is 0. The molecule has 0 aromatic heterocycles. The maximum absolute atomic E-state index is 2.33. The van der Waals surface area contributed by atoms with Crippen LogP contribution in [0.3, 0.4) is 0 Å². The highest BCUT2D eigenvalue weighted by atomic mass is 15.4. The Bertz CT molecular complexity index is 521. The molecule has 134 valence electrons. The summed E-state index contributed by atoms with van der Waals surface area (Å²) >= 11 is 0. The molecule has 1 aliphatic heterocycles. The SMILES string of the molecule is CC.CCC.CCC.CN1CN(c2ccccc2)c2ccccc21. The van der Waals surface area contributed by atoms with Gasteiger partial charge in [-0.3, -0.25) is 0 Å². The largest absolute Gasteiger partial charge is 0.355 e. The summed E-state index contributed by atoms with van der Waals surface area (Å²) in [6.07, 6.45) is 2.50. The van der Waals surface area contributed by atoms with Crippen LogP contribution in [0.2, 0.25) is 0 Å². The molecule has 1 aliphatic rings. The van der Waals surface area contributed by atoms with Crippen LogP contribution in [0.25, 0.3) is 0 Å². The minimum absolute atomic E-state index is 0.920. The molecule has 0 saturated carbocycles. The van der Waals surface area contributed by atoms with Crippen molar-refractivity contribution < 1.29 is 0 Å². The smallest absolute Gasteiger partial charge is 0.0950 e. The summed E-state index contributed by atoms with van der Waals surface area (Å²) in [6, 6.07) is 19.0. The van der Waals surface area contributed by atoms with Crippen molar-refractivity contribution in [1.82, 2.24) is 0 Å². The van der Waals surface area contributed by atoms with E-state index in [-0.39, 0.29) is 0 Å². The second-order valence-electron chi connectivity index (χ2n) is 5.51. The van der Waals surface area contributed by atoms with E-state index in [0.29, 0.717) is 0 Å². The number of para-hydroxylation sites is 3. The van der Waals surface area contributed by atoms with Crippen molar-refractivity contribution in [3.63, 3.8) is 0 Å². The van der Waals surface area contributed by atoms with Gasteiger partial charge in [0.2, 0.25) is 0 Å². The van der Waals surface area contributed by atoms with Crippen molar-refractivity contribution in [2.45, 2.75) is 54.4 Å². The topological polar surface area (TPSA) is 6.48 Å². The predicted molar refractivity (Wildman–Crippen MR) is 112 cm³/mol. The van der Waals surface area contributed by atoms with Crippen LogP contribution in [0.5, 0.6) is 0 Å². The Morgan fingerprint density at radius 3 is 1.62 bits per heavy atom. The second kappa shape index (κ2) is 13.5. The van der Waals surface area contributed by atoms with Gasteiger partial charge in [-0.15, -0.1) is 0 Å². The Labute approximate surface area is 150 Å². The van der Waals surface area contributed by atoms with Gasteiger partial charge >= 0.3 is 0 Å². The van der Waals surface area contributed by atoms with Gasteiger partial charge in [0.1, 0.15) is 0 Å². The normalized spacial score (nSPS) is 11.1. The summed E-state index contributed by atoms with van der Waals surface area (Å²) in [6.45, 7) is 13.4. The van der Waals surface area contributed by atoms with Crippen molar-refractivity contribution in [2.75, 3.05) is 23.5 Å². The molecule has 2 heteroatoms. The quantitative estimate of drug-likeness (QED) is 0.551. The molecule has 0 bridgehead atoms. The monoisotopic (exact) mass is 328 g/mol. The van der Waals surface area contributed by atoms with E-state index in [1.54, 1.807) is 0 Å². The molecule has 24 heavy (non-hydrogen) atoms. The van der Waals surface area contributed by atoms with Crippen LogP contribution in [0.15, 0.2) is 54.6 Å². The van der Waals surface area contributed by atoms with Crippen molar-refractivity contribution >= 4 is 17.1 Å². The number of nitrogens with zero attached hydrogens (tertiary/aromatic N) is 2. The first-order valence-corrected chi connectivity index (χ1v) is 9.32. The fourth-order valence-corrected chi connectivity index (χ4v) is 2.21. The lowest BCUT2D eigenvalue weighted by Gasteiger charge is -2.19. The zero-order valence-corrected chi connectivity index (χ0v) is 16.7. The number of anilines is 3. The number of rotatable bonds is 1. The maximum Gasteiger partial charge on any atom is 0.0950 e. The lowest BCUT2D eigenvalue weighted by Crippen LogP contribution is -2.23. The first-order chi connectivity index (χ1) is 11.7. The molecule has 0 amide bonds. The number of hydrogen-bond donors (Lipinski definition) is 0. The highest BCUT2D eigenvalue weighted by Gasteiger charge is 2.23. The average Bonchev–Trinajstić information content (AvgIpc) is 2.96. The zero-order valence-electron chi connectivity index (χ0n) is 16.7. The Morgan fingerprint density at radius 2 is 1.12 bits per heavy atom. The van der Waals surface area contributed by atoms with Crippen LogP contribution >= 0.6 is 0 Å². The van der Waals surface area contributed by atoms with E-state index in [1.165, 1.54) is 29.9 Å². The van der Waals surface area contributed by atoms with Gasteiger partial charge in [0.25, 0.3) is 0 Å². The van der Waals surface area contributed by atoms with E-state index in [9.17, 15) is 0 Å². The fraction of sp³-hybridized carbons (Fsp3) is 0.455. The molecule has 0 aliphatic carbocycles. The summed E-state index contributed by atoms with van der Waals surface area (Å²) in [5.74, 6) is 0. The van der Waals surface area contributed by atoms with Crippen molar-refractivity contribution in [3.05, 3.63) is 54.6 Å². The molecular weight excluding hydrogens is 292 g/mol. The minimum Gasteiger partial charge on any atom is -0.355 e. The standard InChI is InChI=1S/C14H14N2.2C3H8.C2H6/c1-15-11-16(12-7-3-2-4-8-12)14-10-6-5-9-13(14)15;2*1-3-2;1-2/h2-10H,11H2,1H3;2*3H2,1-2H3;1-2H3. The van der Waals surface area contributed by atoms with Gasteiger partial charge in [0.05, 0.1) is 18.0 Å². The lowest BCUT2D eigenvalue weighted by molar-refractivity contribution is 0.950. The third kappa shape index (κ3) is 6.66. The average molecular weight is 329 g/mol. The number of fused-ring (bicyclic) bond motifs is 1. The third-order valence-electron chi connectivity index (χ3n) is 3.01. The molecule has 2 aromatic carbocycles. The van der Waals surface area contributed by atoms with Crippen LogP contribution in [0.4, 0.5) is 17.1 Å². The molecule has 3 rings (SSSR count). The fourth-order valence-electron chi connectivity index (χ4n) is 2.21. The van der Waals surface area contributed by atoms with Crippen molar-refractivity contribution in [2.24, 2.45) is 0 Å². The van der Waals surface area contributed by atoms with Crippen molar-refractivity contribution in [3.8, 4) is 0 Å². The zero-order chi connectivity index (χ0) is 18.4. The van der Waals surface area contributed by atoms with E-state index in [1.807, 2.05) is 13.8 Å². The second-order valence-corrected chi connectivity index (χ2v) is 5.51. The molecular formula is C22H36N2. The van der Waals surface area contributed by atoms with Gasteiger partial charge in [-0.2, -0.15) is 0 Å². The van der Waals surface area contributed by atoms with Crippen LogP contribution in [-0.2, 0) is 0 Å². The molecule has 0 radical (unpaired) electrons. The molecule has 0 saturated heterocycles. The van der Waals surface area contributed by atoms with Crippen LogP contribution in [0.1, 0.15) is 54.4 Å². The Kier molecular flexibility index (Phi) is 12.4. The van der Waals surface area contributed by atoms with Crippen LogP contribution in [0, 0.1) is 0 Å². The highest BCUT2D eigenvalue weighted by Crippen LogP contribution is 2.38. The van der Waals surface area contributed by atoms with E-state index >= 15 is 0 Å². The Balaban J connectivity index is 0.000000572. The molecule has 2 aromatic rings. The summed E-state index contributed by atoms with van der Waals surface area (Å²) in [5.41, 5.74) is 3.84. The molecule has 0 N–H and O–H groups in total. The Morgan fingerprint density at radius 1 is 0.708 bits per heavy atom. The number of hydrogen-bond acceptors (Lipinski definition) is 2. The van der Waals surface area contributed by atoms with Crippen molar-refractivity contribution in [1.29, 1.82) is 0 Å². The summed E-state index contributed by atoms with van der Waals surface area (Å²) in [4.78, 5) is 4.59. The van der Waals surface area contributed by atoms with Gasteiger partial charge in [-0.05, 0) is 24.3 Å². The molecule has 0 fully saturated rings. The first kappa shape index (κ1) is 22.0. The molecule has 0 atom stereocenters. The van der Waals surface area contributed by atoms with E-state index < -0.39 is 0 Å². The van der Waals surface area contributed by atoms with Gasteiger partial charge < -0.3 is 9.80 Å². The molecule has 0 unspecified atom stereocenters. The first-order valence-electron chi connectivity index (χ1n) is 9.32.